The standard InChI is InChI=1S/C9H18O5/c1-2-3-9(5-10,6-11)4-8(13)14-7-12/h10-12H,2-7H2,1H3. The molecule has 0 aliphatic heterocycles. The molecule has 0 aliphatic carbocycles. The lowest BCUT2D eigenvalue weighted by Gasteiger charge is -2.27. The molecule has 0 saturated heterocycles. The first-order valence-corrected chi connectivity index (χ1v) is 4.62. The highest BCUT2D eigenvalue weighted by Gasteiger charge is 2.31. The number of rotatable bonds is 7. The molecule has 0 unspecified atom stereocenters. The normalized spacial score (nSPS) is 11.4. The zero-order valence-electron chi connectivity index (χ0n) is 8.40. The molecule has 0 heterocycles. The van der Waals surface area contributed by atoms with Gasteiger partial charge in [0.15, 0.2) is 6.79 Å². The Labute approximate surface area is 83.3 Å². The Kier molecular flexibility index (Phi) is 6.44. The fourth-order valence-corrected chi connectivity index (χ4v) is 1.37. The predicted molar refractivity (Wildman–Crippen MR) is 49.3 cm³/mol. The molecule has 3 N–H and O–H groups in total. The maximum absolute atomic E-state index is 11.0. The average Bonchev–Trinajstić information content (AvgIpc) is 2.17. The molecule has 0 atom stereocenters. The first-order chi connectivity index (χ1) is 6.64. The maximum atomic E-state index is 11.0. The van der Waals surface area contributed by atoms with Crippen molar-refractivity contribution < 1.29 is 24.9 Å². The molecule has 0 aliphatic rings. The van der Waals surface area contributed by atoms with Gasteiger partial charge in [0.1, 0.15) is 0 Å². The van der Waals surface area contributed by atoms with E-state index in [4.69, 9.17) is 15.3 Å². The van der Waals surface area contributed by atoms with Crippen LogP contribution in [0.4, 0.5) is 0 Å². The van der Waals surface area contributed by atoms with Gasteiger partial charge < -0.3 is 20.1 Å². The molecule has 0 bridgehead atoms. The van der Waals surface area contributed by atoms with E-state index >= 15 is 0 Å². The third-order valence-corrected chi connectivity index (χ3v) is 2.20. The zero-order valence-corrected chi connectivity index (χ0v) is 8.40. The van der Waals surface area contributed by atoms with Gasteiger partial charge in [-0.1, -0.05) is 13.3 Å². The third kappa shape index (κ3) is 4.04. The van der Waals surface area contributed by atoms with Crippen LogP contribution >= 0.6 is 0 Å². The van der Waals surface area contributed by atoms with Gasteiger partial charge in [-0.25, -0.2) is 0 Å². The topological polar surface area (TPSA) is 87.0 Å². The van der Waals surface area contributed by atoms with Crippen LogP contribution in [0, 0.1) is 5.41 Å². The first-order valence-electron chi connectivity index (χ1n) is 4.62. The molecule has 0 aromatic carbocycles. The van der Waals surface area contributed by atoms with Crippen LogP contribution in [0.3, 0.4) is 0 Å². The maximum Gasteiger partial charge on any atom is 0.308 e. The molecule has 5 heteroatoms. The smallest absolute Gasteiger partial charge is 0.308 e. The number of hydrogen-bond donors (Lipinski definition) is 3. The summed E-state index contributed by atoms with van der Waals surface area (Å²) in [6.07, 6.45) is 1.22. The van der Waals surface area contributed by atoms with Crippen molar-refractivity contribution in [2.75, 3.05) is 20.0 Å². The number of carbonyl (C=O) groups excluding carboxylic acids is 1. The second-order valence-corrected chi connectivity index (χ2v) is 3.39. The van der Waals surface area contributed by atoms with Gasteiger partial charge in [0.2, 0.25) is 0 Å². The van der Waals surface area contributed by atoms with Crippen molar-refractivity contribution in [1.29, 1.82) is 0 Å². The van der Waals surface area contributed by atoms with E-state index in [2.05, 4.69) is 4.74 Å². The number of aliphatic hydroxyl groups excluding tert-OH is 3. The molecule has 0 saturated carbocycles. The number of ether oxygens (including phenoxy) is 1. The zero-order chi connectivity index (χ0) is 11.0. The minimum Gasteiger partial charge on any atom is -0.439 e. The van der Waals surface area contributed by atoms with Gasteiger partial charge in [-0.3, -0.25) is 4.79 Å². The molecule has 0 radical (unpaired) electrons. The molecule has 0 spiro atoms. The molecule has 0 fully saturated rings. The summed E-state index contributed by atoms with van der Waals surface area (Å²) in [5.74, 6) is -0.607. The van der Waals surface area contributed by atoms with Crippen molar-refractivity contribution >= 4 is 5.97 Å². The molecule has 14 heavy (non-hydrogen) atoms. The van der Waals surface area contributed by atoms with Crippen LogP contribution in [0.1, 0.15) is 26.2 Å². The summed E-state index contributed by atoms with van der Waals surface area (Å²) >= 11 is 0. The molecular weight excluding hydrogens is 188 g/mol. The van der Waals surface area contributed by atoms with E-state index in [1.165, 1.54) is 0 Å². The Balaban J connectivity index is 4.26. The van der Waals surface area contributed by atoms with Crippen molar-refractivity contribution in [3.8, 4) is 0 Å². The molecule has 0 rings (SSSR count). The van der Waals surface area contributed by atoms with Gasteiger partial charge in [-0.05, 0) is 6.42 Å². The van der Waals surface area contributed by atoms with Gasteiger partial charge in [0.25, 0.3) is 0 Å². The summed E-state index contributed by atoms with van der Waals surface area (Å²) in [7, 11) is 0. The van der Waals surface area contributed by atoms with Gasteiger partial charge >= 0.3 is 5.97 Å². The van der Waals surface area contributed by atoms with Gasteiger partial charge in [0.05, 0.1) is 19.6 Å². The summed E-state index contributed by atoms with van der Waals surface area (Å²) in [6, 6.07) is 0. The lowest BCUT2D eigenvalue weighted by atomic mass is 9.82. The van der Waals surface area contributed by atoms with Crippen LogP contribution in [-0.4, -0.2) is 41.3 Å². The van der Waals surface area contributed by atoms with Crippen LogP contribution < -0.4 is 0 Å². The fourth-order valence-electron chi connectivity index (χ4n) is 1.37. The second kappa shape index (κ2) is 6.75. The van der Waals surface area contributed by atoms with E-state index in [9.17, 15) is 4.79 Å². The van der Waals surface area contributed by atoms with Crippen LogP contribution in [0.2, 0.25) is 0 Å². The Morgan fingerprint density at radius 3 is 2.21 bits per heavy atom. The highest BCUT2D eigenvalue weighted by Crippen LogP contribution is 2.27. The summed E-state index contributed by atoms with van der Waals surface area (Å²) in [5.41, 5.74) is -0.818. The predicted octanol–water partition coefficient (Wildman–Crippen LogP) is -0.359. The average molecular weight is 206 g/mol. The van der Waals surface area contributed by atoms with Crippen molar-refractivity contribution in [3.63, 3.8) is 0 Å². The van der Waals surface area contributed by atoms with Crippen molar-refractivity contribution in [3.05, 3.63) is 0 Å². The van der Waals surface area contributed by atoms with Gasteiger partial charge in [-0.2, -0.15) is 0 Å². The number of carbonyl (C=O) groups is 1. The summed E-state index contributed by atoms with van der Waals surface area (Å²) in [4.78, 5) is 11.0. The first kappa shape index (κ1) is 13.4. The molecule has 0 aromatic heterocycles. The summed E-state index contributed by atoms with van der Waals surface area (Å²) in [5, 5.41) is 26.5. The molecular formula is C9H18O5. The van der Waals surface area contributed by atoms with Crippen molar-refractivity contribution in [2.24, 2.45) is 5.41 Å². The van der Waals surface area contributed by atoms with E-state index in [1.807, 2.05) is 6.92 Å². The lowest BCUT2D eigenvalue weighted by Crippen LogP contribution is -2.33. The highest BCUT2D eigenvalue weighted by atomic mass is 16.6. The Bertz CT molecular complexity index is 165. The van der Waals surface area contributed by atoms with E-state index in [0.29, 0.717) is 6.42 Å². The quantitative estimate of drug-likeness (QED) is 0.391. The van der Waals surface area contributed by atoms with Crippen molar-refractivity contribution in [1.82, 2.24) is 0 Å². The van der Waals surface area contributed by atoms with E-state index in [1.54, 1.807) is 0 Å². The number of hydrogen-bond acceptors (Lipinski definition) is 5. The highest BCUT2D eigenvalue weighted by molar-refractivity contribution is 5.70. The van der Waals surface area contributed by atoms with Crippen LogP contribution in [-0.2, 0) is 9.53 Å². The summed E-state index contributed by atoms with van der Waals surface area (Å²) < 4.78 is 4.34. The summed E-state index contributed by atoms with van der Waals surface area (Å²) in [6.45, 7) is 0.699. The molecule has 0 amide bonds. The SMILES string of the molecule is CCCC(CO)(CO)CC(=O)OCO. The van der Waals surface area contributed by atoms with Crippen LogP contribution in [0.15, 0.2) is 0 Å². The Morgan fingerprint density at radius 2 is 1.86 bits per heavy atom. The van der Waals surface area contributed by atoms with Crippen molar-refractivity contribution in [2.45, 2.75) is 26.2 Å². The second-order valence-electron chi connectivity index (χ2n) is 3.39. The molecule has 0 aromatic rings. The minimum absolute atomic E-state index is 0.0750. The largest absolute Gasteiger partial charge is 0.439 e. The number of esters is 1. The van der Waals surface area contributed by atoms with E-state index in [-0.39, 0.29) is 19.6 Å². The van der Waals surface area contributed by atoms with Crippen LogP contribution in [0.25, 0.3) is 0 Å². The van der Waals surface area contributed by atoms with E-state index < -0.39 is 18.2 Å². The monoisotopic (exact) mass is 206 g/mol. The lowest BCUT2D eigenvalue weighted by molar-refractivity contribution is -0.156. The third-order valence-electron chi connectivity index (χ3n) is 2.20. The number of aliphatic hydroxyl groups is 3. The van der Waals surface area contributed by atoms with Crippen LogP contribution in [0.5, 0.6) is 0 Å². The van der Waals surface area contributed by atoms with Gasteiger partial charge in [-0.15, -0.1) is 0 Å². The molecule has 84 valence electrons. The Morgan fingerprint density at radius 1 is 1.29 bits per heavy atom. The Hall–Kier alpha value is -0.650. The molecule has 5 nitrogen and oxygen atoms in total. The van der Waals surface area contributed by atoms with Gasteiger partial charge in [0, 0.05) is 5.41 Å². The fraction of sp³-hybridized carbons (Fsp3) is 0.889. The van der Waals surface area contributed by atoms with E-state index in [0.717, 1.165) is 6.42 Å². The minimum atomic E-state index is -0.818.